The number of aromatic nitrogens is 3. The van der Waals surface area contributed by atoms with Gasteiger partial charge in [-0.2, -0.15) is 5.10 Å². The van der Waals surface area contributed by atoms with Crippen LogP contribution < -0.4 is 5.32 Å². The number of nitrogens with zero attached hydrogens (tertiary/aromatic N) is 3. The number of methoxy groups -OCH3 is 1. The number of aryl methyl sites for hydroxylation is 1. The maximum absolute atomic E-state index is 5.05. The van der Waals surface area contributed by atoms with E-state index in [2.05, 4.69) is 36.2 Å². The summed E-state index contributed by atoms with van der Waals surface area (Å²) in [7, 11) is 3.67. The van der Waals surface area contributed by atoms with E-state index in [1.807, 2.05) is 11.7 Å². The maximum Gasteiger partial charge on any atom is 0.138 e. The van der Waals surface area contributed by atoms with Gasteiger partial charge in [-0.3, -0.25) is 4.68 Å². The van der Waals surface area contributed by atoms with Gasteiger partial charge in [0.1, 0.15) is 12.2 Å². The number of nitrogens with one attached hydrogen (secondary N) is 1. The lowest BCUT2D eigenvalue weighted by Gasteiger charge is -2.33. The Balaban J connectivity index is 2.60. The van der Waals surface area contributed by atoms with Gasteiger partial charge in [-0.05, 0) is 11.3 Å². The molecule has 104 valence electrons. The summed E-state index contributed by atoms with van der Waals surface area (Å²) in [5, 5.41) is 7.59. The van der Waals surface area contributed by atoms with E-state index in [4.69, 9.17) is 4.74 Å². The summed E-state index contributed by atoms with van der Waals surface area (Å²) < 4.78 is 6.91. The molecule has 1 aromatic heterocycles. The summed E-state index contributed by atoms with van der Waals surface area (Å²) in [6.07, 6.45) is 2.55. The Kier molecular flexibility index (Phi) is 5.75. The fourth-order valence-corrected chi connectivity index (χ4v) is 1.86. The monoisotopic (exact) mass is 254 g/mol. The standard InChI is InChI=1S/C13H26N4O/c1-11(2)13(3,9-14-6-7-18-5)8-12-15-10-16-17(12)4/h10-11,14H,6-9H2,1-5H3. The molecule has 5 heteroatoms. The highest BCUT2D eigenvalue weighted by Gasteiger charge is 2.29. The molecule has 0 aliphatic carbocycles. The Hall–Kier alpha value is -0.940. The average molecular weight is 254 g/mol. The molecule has 0 bridgehead atoms. The van der Waals surface area contributed by atoms with Crippen LogP contribution >= 0.6 is 0 Å². The van der Waals surface area contributed by atoms with Crippen molar-refractivity contribution in [3.63, 3.8) is 0 Å². The fourth-order valence-electron chi connectivity index (χ4n) is 1.86. The lowest BCUT2D eigenvalue weighted by Crippen LogP contribution is -2.39. The Morgan fingerprint density at radius 1 is 1.50 bits per heavy atom. The van der Waals surface area contributed by atoms with Gasteiger partial charge in [-0.25, -0.2) is 4.98 Å². The van der Waals surface area contributed by atoms with Crippen LogP contribution in [-0.4, -0.2) is 41.6 Å². The van der Waals surface area contributed by atoms with Gasteiger partial charge in [0.2, 0.25) is 0 Å². The third-order valence-electron chi connectivity index (χ3n) is 3.77. The molecule has 18 heavy (non-hydrogen) atoms. The summed E-state index contributed by atoms with van der Waals surface area (Å²) in [6.45, 7) is 9.41. The normalized spacial score (nSPS) is 15.0. The van der Waals surface area contributed by atoms with Crippen molar-refractivity contribution in [1.29, 1.82) is 0 Å². The smallest absolute Gasteiger partial charge is 0.138 e. The summed E-state index contributed by atoms with van der Waals surface area (Å²) in [5.41, 5.74) is 0.175. The van der Waals surface area contributed by atoms with E-state index in [0.29, 0.717) is 5.92 Å². The number of ether oxygens (including phenoxy) is 1. The van der Waals surface area contributed by atoms with E-state index in [9.17, 15) is 0 Å². The molecule has 0 radical (unpaired) electrons. The van der Waals surface area contributed by atoms with Crippen LogP contribution in [0.1, 0.15) is 26.6 Å². The molecule has 0 fully saturated rings. The van der Waals surface area contributed by atoms with Crippen LogP contribution in [0.15, 0.2) is 6.33 Å². The molecule has 1 heterocycles. The molecule has 0 aromatic carbocycles. The van der Waals surface area contributed by atoms with Crippen LogP contribution in [-0.2, 0) is 18.2 Å². The highest BCUT2D eigenvalue weighted by atomic mass is 16.5. The second kappa shape index (κ2) is 6.85. The lowest BCUT2D eigenvalue weighted by molar-refractivity contribution is 0.172. The predicted molar refractivity (Wildman–Crippen MR) is 72.4 cm³/mol. The minimum absolute atomic E-state index is 0.175. The van der Waals surface area contributed by atoms with Crippen molar-refractivity contribution in [1.82, 2.24) is 20.1 Å². The third kappa shape index (κ3) is 4.07. The van der Waals surface area contributed by atoms with Gasteiger partial charge in [0.25, 0.3) is 0 Å². The van der Waals surface area contributed by atoms with Crippen LogP contribution in [0.4, 0.5) is 0 Å². The summed E-state index contributed by atoms with van der Waals surface area (Å²) in [6, 6.07) is 0. The molecule has 1 N–H and O–H groups in total. The Morgan fingerprint density at radius 3 is 2.72 bits per heavy atom. The van der Waals surface area contributed by atoms with Gasteiger partial charge < -0.3 is 10.1 Å². The van der Waals surface area contributed by atoms with Crippen molar-refractivity contribution >= 4 is 0 Å². The van der Waals surface area contributed by atoms with Crippen molar-refractivity contribution in [2.45, 2.75) is 27.2 Å². The number of rotatable bonds is 8. The van der Waals surface area contributed by atoms with Crippen LogP contribution in [0.25, 0.3) is 0 Å². The molecule has 1 atom stereocenters. The average Bonchev–Trinajstić information content (AvgIpc) is 2.70. The van der Waals surface area contributed by atoms with E-state index in [1.54, 1.807) is 13.4 Å². The summed E-state index contributed by atoms with van der Waals surface area (Å²) in [5.74, 6) is 1.61. The van der Waals surface area contributed by atoms with Gasteiger partial charge in [0.05, 0.1) is 6.61 Å². The largest absolute Gasteiger partial charge is 0.383 e. The third-order valence-corrected chi connectivity index (χ3v) is 3.77. The van der Waals surface area contributed by atoms with Gasteiger partial charge in [-0.1, -0.05) is 20.8 Å². The van der Waals surface area contributed by atoms with E-state index in [1.165, 1.54) is 0 Å². The van der Waals surface area contributed by atoms with E-state index in [0.717, 1.165) is 31.9 Å². The molecule has 0 amide bonds. The quantitative estimate of drug-likeness (QED) is 0.710. The van der Waals surface area contributed by atoms with Crippen LogP contribution in [0.2, 0.25) is 0 Å². The molecular weight excluding hydrogens is 228 g/mol. The lowest BCUT2D eigenvalue weighted by atomic mass is 9.76. The van der Waals surface area contributed by atoms with Gasteiger partial charge in [0.15, 0.2) is 0 Å². The highest BCUT2D eigenvalue weighted by molar-refractivity contribution is 4.94. The topological polar surface area (TPSA) is 52.0 Å². The van der Waals surface area contributed by atoms with Crippen molar-refractivity contribution in [3.05, 3.63) is 12.2 Å². The zero-order valence-corrected chi connectivity index (χ0v) is 12.2. The van der Waals surface area contributed by atoms with Gasteiger partial charge in [-0.15, -0.1) is 0 Å². The zero-order valence-electron chi connectivity index (χ0n) is 12.2. The Labute approximate surface area is 110 Å². The summed E-state index contributed by atoms with van der Waals surface area (Å²) in [4.78, 5) is 4.33. The molecule has 1 unspecified atom stereocenters. The second-order valence-electron chi connectivity index (χ2n) is 5.45. The molecule has 5 nitrogen and oxygen atoms in total. The van der Waals surface area contributed by atoms with E-state index >= 15 is 0 Å². The molecule has 0 saturated heterocycles. The van der Waals surface area contributed by atoms with Crippen molar-refractivity contribution in [2.75, 3.05) is 26.8 Å². The molecule has 1 rings (SSSR count). The zero-order chi connectivity index (χ0) is 13.6. The minimum Gasteiger partial charge on any atom is -0.383 e. The summed E-state index contributed by atoms with van der Waals surface area (Å²) >= 11 is 0. The highest BCUT2D eigenvalue weighted by Crippen LogP contribution is 2.29. The number of hydrogen-bond donors (Lipinski definition) is 1. The first kappa shape index (κ1) is 15.1. The van der Waals surface area contributed by atoms with Crippen molar-refractivity contribution in [2.24, 2.45) is 18.4 Å². The van der Waals surface area contributed by atoms with E-state index < -0.39 is 0 Å². The first-order valence-electron chi connectivity index (χ1n) is 6.52. The molecule has 0 spiro atoms. The minimum atomic E-state index is 0.175. The van der Waals surface area contributed by atoms with Crippen LogP contribution in [0, 0.1) is 11.3 Å². The van der Waals surface area contributed by atoms with Crippen LogP contribution in [0.3, 0.4) is 0 Å². The maximum atomic E-state index is 5.05. The van der Waals surface area contributed by atoms with Crippen LogP contribution in [0.5, 0.6) is 0 Å². The fraction of sp³-hybridized carbons (Fsp3) is 0.846. The van der Waals surface area contributed by atoms with Gasteiger partial charge >= 0.3 is 0 Å². The van der Waals surface area contributed by atoms with Crippen molar-refractivity contribution < 1.29 is 4.74 Å². The molecule has 0 saturated carbocycles. The Bertz CT molecular complexity index is 351. The Morgan fingerprint density at radius 2 is 2.22 bits per heavy atom. The van der Waals surface area contributed by atoms with Crippen molar-refractivity contribution in [3.8, 4) is 0 Å². The SMILES string of the molecule is COCCNCC(C)(Cc1ncnn1C)C(C)C. The first-order valence-corrected chi connectivity index (χ1v) is 6.52. The number of hydrogen-bond acceptors (Lipinski definition) is 4. The molecule has 1 aromatic rings. The second-order valence-corrected chi connectivity index (χ2v) is 5.45. The predicted octanol–water partition coefficient (Wildman–Crippen LogP) is 1.26. The molecular formula is C13H26N4O. The first-order chi connectivity index (χ1) is 8.49. The molecule has 0 aliphatic rings. The van der Waals surface area contributed by atoms with Gasteiger partial charge in [0, 0.05) is 33.7 Å². The van der Waals surface area contributed by atoms with E-state index in [-0.39, 0.29) is 5.41 Å². The molecule has 0 aliphatic heterocycles.